The largest absolute Gasteiger partial charge is 0.481 e. The zero-order valence-corrected chi connectivity index (χ0v) is 28.7. The predicted molar refractivity (Wildman–Crippen MR) is 180 cm³/mol. The fourth-order valence-corrected chi connectivity index (χ4v) is 5.61. The standard InChI is InChI=1S/C37H71NO5/c1-4-5-6-7-8-9-13-17-20-23-26-29-35(39)38-34(30-31-36(40)41)37(42)43-32-27-24-21-18-15-12-10-11-14-16-19-22-25-28-33(2)3/h33-34H,4-32H2,1-3H3,(H,38,39)(H,40,41)/t34-/m0/s1. The number of ether oxygens (including phenoxy) is 1. The van der Waals surface area contributed by atoms with Gasteiger partial charge in [0, 0.05) is 12.8 Å². The fraction of sp³-hybridized carbons (Fsp3) is 0.919. The number of carboxylic acid groups (broad SMARTS) is 1. The molecule has 0 unspecified atom stereocenters. The summed E-state index contributed by atoms with van der Waals surface area (Å²) in [7, 11) is 0. The average Bonchev–Trinajstić information content (AvgIpc) is 2.97. The summed E-state index contributed by atoms with van der Waals surface area (Å²) in [5.74, 6) is -0.835. The van der Waals surface area contributed by atoms with Crippen molar-refractivity contribution < 1.29 is 24.2 Å². The van der Waals surface area contributed by atoms with Crippen LogP contribution >= 0.6 is 0 Å². The molecular formula is C37H71NO5. The van der Waals surface area contributed by atoms with Gasteiger partial charge in [0.2, 0.25) is 5.91 Å². The Labute approximate surface area is 266 Å². The lowest BCUT2D eigenvalue weighted by molar-refractivity contribution is -0.148. The summed E-state index contributed by atoms with van der Waals surface area (Å²) >= 11 is 0. The Kier molecular flexibility index (Phi) is 30.6. The minimum atomic E-state index is -0.977. The lowest BCUT2D eigenvalue weighted by atomic mass is 10.0. The number of carboxylic acids is 1. The van der Waals surface area contributed by atoms with E-state index in [4.69, 9.17) is 9.84 Å². The topological polar surface area (TPSA) is 92.7 Å². The molecule has 0 bridgehead atoms. The molecule has 1 amide bonds. The van der Waals surface area contributed by atoms with Gasteiger partial charge >= 0.3 is 11.9 Å². The molecule has 0 rings (SSSR count). The number of amides is 1. The van der Waals surface area contributed by atoms with E-state index in [1.165, 1.54) is 122 Å². The molecule has 0 saturated carbocycles. The molecule has 0 spiro atoms. The van der Waals surface area contributed by atoms with Crippen LogP contribution in [0.25, 0.3) is 0 Å². The zero-order valence-electron chi connectivity index (χ0n) is 28.7. The normalized spacial score (nSPS) is 12.0. The van der Waals surface area contributed by atoms with Crippen molar-refractivity contribution in [1.29, 1.82) is 0 Å². The van der Waals surface area contributed by atoms with Crippen LogP contribution in [0.2, 0.25) is 0 Å². The Bertz CT molecular complexity index is 651. The minimum Gasteiger partial charge on any atom is -0.481 e. The molecule has 6 nitrogen and oxygen atoms in total. The van der Waals surface area contributed by atoms with Crippen molar-refractivity contribution in [3.05, 3.63) is 0 Å². The van der Waals surface area contributed by atoms with E-state index in [-0.39, 0.29) is 18.7 Å². The smallest absolute Gasteiger partial charge is 0.328 e. The summed E-state index contributed by atoms with van der Waals surface area (Å²) in [6, 6.07) is -0.878. The molecule has 0 aromatic carbocycles. The Morgan fingerprint density at radius 2 is 0.977 bits per heavy atom. The van der Waals surface area contributed by atoms with Crippen molar-refractivity contribution in [3.63, 3.8) is 0 Å². The van der Waals surface area contributed by atoms with E-state index < -0.39 is 18.0 Å². The summed E-state index contributed by atoms with van der Waals surface area (Å²) in [6.45, 7) is 7.18. The number of carbonyl (C=O) groups is 3. The molecule has 0 aliphatic heterocycles. The van der Waals surface area contributed by atoms with Gasteiger partial charge in [-0.1, -0.05) is 168 Å². The third kappa shape index (κ3) is 31.6. The first kappa shape index (κ1) is 41.4. The van der Waals surface area contributed by atoms with Crippen LogP contribution in [0.1, 0.15) is 201 Å². The molecule has 0 fully saturated rings. The van der Waals surface area contributed by atoms with E-state index in [0.717, 1.165) is 44.4 Å². The maximum Gasteiger partial charge on any atom is 0.328 e. The first-order valence-electron chi connectivity index (χ1n) is 18.5. The van der Waals surface area contributed by atoms with Crippen LogP contribution in [0.4, 0.5) is 0 Å². The molecule has 1 atom stereocenters. The average molecular weight is 610 g/mol. The number of esters is 1. The van der Waals surface area contributed by atoms with E-state index >= 15 is 0 Å². The van der Waals surface area contributed by atoms with Crippen molar-refractivity contribution in [2.75, 3.05) is 6.61 Å². The van der Waals surface area contributed by atoms with Crippen LogP contribution in [0.3, 0.4) is 0 Å². The second kappa shape index (κ2) is 31.8. The third-order valence-corrected chi connectivity index (χ3v) is 8.44. The van der Waals surface area contributed by atoms with Gasteiger partial charge in [-0.05, 0) is 25.2 Å². The molecule has 0 aromatic rings. The molecule has 6 heteroatoms. The van der Waals surface area contributed by atoms with Gasteiger partial charge in [-0.25, -0.2) is 4.79 Å². The van der Waals surface area contributed by atoms with Crippen LogP contribution < -0.4 is 5.32 Å². The maximum atomic E-state index is 12.6. The summed E-state index contributed by atoms with van der Waals surface area (Å²) in [5, 5.41) is 11.8. The molecule has 254 valence electrons. The second-order valence-corrected chi connectivity index (χ2v) is 13.3. The van der Waals surface area contributed by atoms with Gasteiger partial charge < -0.3 is 15.2 Å². The van der Waals surface area contributed by atoms with E-state index in [1.54, 1.807) is 0 Å². The SMILES string of the molecule is CCCCCCCCCCCCCC(=O)N[C@@H](CCC(=O)O)C(=O)OCCCCCCCCCCCCCCCC(C)C. The van der Waals surface area contributed by atoms with Crippen LogP contribution in [0.15, 0.2) is 0 Å². The van der Waals surface area contributed by atoms with Gasteiger partial charge in [-0.2, -0.15) is 0 Å². The molecule has 0 aliphatic carbocycles. The summed E-state index contributed by atoms with van der Waals surface area (Å²) in [6.07, 6.45) is 31.4. The molecule has 0 aromatic heterocycles. The first-order valence-corrected chi connectivity index (χ1v) is 18.5. The van der Waals surface area contributed by atoms with E-state index in [2.05, 4.69) is 26.1 Å². The highest BCUT2D eigenvalue weighted by molar-refractivity contribution is 5.84. The molecule has 2 N–H and O–H groups in total. The number of hydrogen-bond donors (Lipinski definition) is 2. The van der Waals surface area contributed by atoms with Crippen molar-refractivity contribution >= 4 is 17.8 Å². The lowest BCUT2D eigenvalue weighted by Crippen LogP contribution is -2.42. The maximum absolute atomic E-state index is 12.6. The van der Waals surface area contributed by atoms with E-state index in [9.17, 15) is 14.4 Å². The van der Waals surface area contributed by atoms with Crippen molar-refractivity contribution in [1.82, 2.24) is 5.32 Å². The lowest BCUT2D eigenvalue weighted by Gasteiger charge is -2.17. The highest BCUT2D eigenvalue weighted by Crippen LogP contribution is 2.15. The molecule has 0 aliphatic rings. The van der Waals surface area contributed by atoms with Crippen molar-refractivity contribution in [2.24, 2.45) is 5.92 Å². The Morgan fingerprint density at radius 3 is 1.42 bits per heavy atom. The number of rotatable bonds is 33. The van der Waals surface area contributed by atoms with Gasteiger partial charge in [-0.15, -0.1) is 0 Å². The minimum absolute atomic E-state index is 0.0658. The van der Waals surface area contributed by atoms with Crippen LogP contribution in [0.5, 0.6) is 0 Å². The Balaban J connectivity index is 3.83. The summed E-state index contributed by atoms with van der Waals surface area (Å²) in [4.78, 5) is 36.1. The highest BCUT2D eigenvalue weighted by atomic mass is 16.5. The van der Waals surface area contributed by atoms with Gasteiger partial charge in [-0.3, -0.25) is 9.59 Å². The number of unbranched alkanes of at least 4 members (excludes halogenated alkanes) is 22. The van der Waals surface area contributed by atoms with Crippen LogP contribution in [-0.4, -0.2) is 35.6 Å². The fourth-order valence-electron chi connectivity index (χ4n) is 5.61. The van der Waals surface area contributed by atoms with Gasteiger partial charge in [0.05, 0.1) is 6.61 Å². The number of carbonyl (C=O) groups excluding carboxylic acids is 2. The third-order valence-electron chi connectivity index (χ3n) is 8.44. The second-order valence-electron chi connectivity index (χ2n) is 13.3. The molecular weight excluding hydrogens is 538 g/mol. The van der Waals surface area contributed by atoms with Crippen LogP contribution in [0, 0.1) is 5.92 Å². The van der Waals surface area contributed by atoms with Gasteiger partial charge in [0.1, 0.15) is 6.04 Å². The molecule has 0 saturated heterocycles. The monoisotopic (exact) mass is 610 g/mol. The summed E-state index contributed by atoms with van der Waals surface area (Å²) < 4.78 is 5.42. The van der Waals surface area contributed by atoms with Gasteiger partial charge in [0.15, 0.2) is 0 Å². The van der Waals surface area contributed by atoms with E-state index in [0.29, 0.717) is 13.0 Å². The van der Waals surface area contributed by atoms with Crippen molar-refractivity contribution in [3.8, 4) is 0 Å². The van der Waals surface area contributed by atoms with E-state index in [1.807, 2.05) is 0 Å². The Hall–Kier alpha value is -1.59. The zero-order chi connectivity index (χ0) is 31.8. The first-order chi connectivity index (χ1) is 20.9. The van der Waals surface area contributed by atoms with Crippen LogP contribution in [-0.2, 0) is 19.1 Å². The molecule has 43 heavy (non-hydrogen) atoms. The number of aliphatic carboxylic acids is 1. The quantitative estimate of drug-likeness (QED) is 0.0570. The predicted octanol–water partition coefficient (Wildman–Crippen LogP) is 10.7. The van der Waals surface area contributed by atoms with Crippen molar-refractivity contribution in [2.45, 2.75) is 207 Å². The molecule has 0 radical (unpaired) electrons. The highest BCUT2D eigenvalue weighted by Gasteiger charge is 2.23. The van der Waals surface area contributed by atoms with Gasteiger partial charge in [0.25, 0.3) is 0 Å². The summed E-state index contributed by atoms with van der Waals surface area (Å²) in [5.41, 5.74) is 0. The molecule has 0 heterocycles. The number of hydrogen-bond acceptors (Lipinski definition) is 4. The Morgan fingerprint density at radius 1 is 0.558 bits per heavy atom. The number of nitrogens with one attached hydrogen (secondary N) is 1.